The van der Waals surface area contributed by atoms with Crippen molar-refractivity contribution in [2.24, 2.45) is 11.8 Å². The molecule has 0 aromatic heterocycles. The molecule has 90 valence electrons. The van der Waals surface area contributed by atoms with Gasteiger partial charge in [-0.1, -0.05) is 0 Å². The van der Waals surface area contributed by atoms with E-state index in [4.69, 9.17) is 10.2 Å². The van der Waals surface area contributed by atoms with E-state index >= 15 is 0 Å². The van der Waals surface area contributed by atoms with Crippen molar-refractivity contribution in [1.29, 1.82) is 0 Å². The molecule has 2 saturated heterocycles. The Kier molecular flexibility index (Phi) is 3.00. The number of hydrogen-bond donors (Lipinski definition) is 2. The second-order valence-electron chi connectivity index (χ2n) is 4.51. The number of nitrogens with zero attached hydrogens (tertiary/aromatic N) is 2. The van der Waals surface area contributed by atoms with Crippen LogP contribution in [0.4, 0.5) is 4.79 Å². The summed E-state index contributed by atoms with van der Waals surface area (Å²) in [4.78, 5) is 25.7. The molecule has 0 saturated carbocycles. The molecule has 16 heavy (non-hydrogen) atoms. The van der Waals surface area contributed by atoms with Crippen molar-refractivity contribution in [2.45, 2.75) is 6.42 Å². The first-order valence-electron chi connectivity index (χ1n) is 5.49. The maximum atomic E-state index is 11.8. The molecular formula is C10H16N2O4. The number of amides is 2. The molecule has 6 nitrogen and oxygen atoms in total. The summed E-state index contributed by atoms with van der Waals surface area (Å²) in [5.74, 6) is -1.06. The molecule has 1 atom stereocenters. The molecular weight excluding hydrogens is 212 g/mol. The average Bonchev–Trinajstić information content (AvgIpc) is 2.62. The van der Waals surface area contributed by atoms with Crippen LogP contribution in [-0.4, -0.2) is 64.8 Å². The molecule has 0 bridgehead atoms. The first kappa shape index (κ1) is 11.2. The highest BCUT2D eigenvalue weighted by Gasteiger charge is 2.39. The van der Waals surface area contributed by atoms with Gasteiger partial charge < -0.3 is 20.0 Å². The fourth-order valence-electron chi connectivity index (χ4n) is 2.15. The van der Waals surface area contributed by atoms with Crippen LogP contribution in [0.15, 0.2) is 0 Å². The first-order chi connectivity index (χ1) is 7.61. The van der Waals surface area contributed by atoms with Crippen molar-refractivity contribution < 1.29 is 19.8 Å². The number of carboxylic acid groups (broad SMARTS) is 1. The summed E-state index contributed by atoms with van der Waals surface area (Å²) in [6, 6.07) is -0.0894. The SMILES string of the molecule is O=C(O)C1CN(C(=O)N2CCC(CO)C2)C1. The minimum atomic E-state index is -0.835. The first-order valence-corrected chi connectivity index (χ1v) is 5.49. The summed E-state index contributed by atoms with van der Waals surface area (Å²) in [5, 5.41) is 17.7. The van der Waals surface area contributed by atoms with Gasteiger partial charge in [-0.15, -0.1) is 0 Å². The number of hydrogen-bond acceptors (Lipinski definition) is 3. The predicted molar refractivity (Wildman–Crippen MR) is 54.9 cm³/mol. The van der Waals surface area contributed by atoms with Gasteiger partial charge in [0.05, 0.1) is 5.92 Å². The zero-order chi connectivity index (χ0) is 11.7. The molecule has 0 aliphatic carbocycles. The highest BCUT2D eigenvalue weighted by Crippen LogP contribution is 2.22. The lowest BCUT2D eigenvalue weighted by molar-refractivity contribution is -0.146. The van der Waals surface area contributed by atoms with Crippen LogP contribution in [0.2, 0.25) is 0 Å². The average molecular weight is 228 g/mol. The van der Waals surface area contributed by atoms with Gasteiger partial charge >= 0.3 is 12.0 Å². The summed E-state index contributed by atoms with van der Waals surface area (Å²) >= 11 is 0. The highest BCUT2D eigenvalue weighted by molar-refractivity contribution is 5.80. The Hall–Kier alpha value is -1.30. The number of urea groups is 1. The van der Waals surface area contributed by atoms with Crippen molar-refractivity contribution in [3.05, 3.63) is 0 Å². The van der Waals surface area contributed by atoms with Crippen LogP contribution in [0.1, 0.15) is 6.42 Å². The van der Waals surface area contributed by atoms with Gasteiger partial charge in [0.25, 0.3) is 0 Å². The molecule has 0 aromatic carbocycles. The summed E-state index contributed by atoms with van der Waals surface area (Å²) < 4.78 is 0. The van der Waals surface area contributed by atoms with E-state index in [0.717, 1.165) is 6.42 Å². The number of aliphatic carboxylic acids is 1. The van der Waals surface area contributed by atoms with E-state index in [1.807, 2.05) is 0 Å². The quantitative estimate of drug-likeness (QED) is 0.663. The summed E-state index contributed by atoms with van der Waals surface area (Å²) in [7, 11) is 0. The summed E-state index contributed by atoms with van der Waals surface area (Å²) in [5.41, 5.74) is 0. The standard InChI is InChI=1S/C10H16N2O4/c13-6-7-1-2-11(3-7)10(16)12-4-8(5-12)9(14)15/h7-8,13H,1-6H2,(H,14,15). The van der Waals surface area contributed by atoms with Crippen LogP contribution in [0, 0.1) is 11.8 Å². The summed E-state index contributed by atoms with van der Waals surface area (Å²) in [6.45, 7) is 1.99. The lowest BCUT2D eigenvalue weighted by atomic mass is 10.0. The Bertz CT molecular complexity index is 301. The maximum Gasteiger partial charge on any atom is 0.320 e. The van der Waals surface area contributed by atoms with Gasteiger partial charge in [-0.05, 0) is 6.42 Å². The number of likely N-dealkylation sites (tertiary alicyclic amines) is 2. The number of rotatable bonds is 2. The fraction of sp³-hybridized carbons (Fsp3) is 0.800. The Labute approximate surface area is 93.4 Å². The molecule has 2 N–H and O–H groups in total. The number of carbonyl (C=O) groups is 2. The van der Waals surface area contributed by atoms with Gasteiger partial charge in [0.2, 0.25) is 0 Å². The van der Waals surface area contributed by atoms with E-state index in [-0.39, 0.29) is 18.6 Å². The van der Waals surface area contributed by atoms with E-state index in [9.17, 15) is 9.59 Å². The predicted octanol–water partition coefficient (Wildman–Crippen LogP) is -0.563. The fourth-order valence-corrected chi connectivity index (χ4v) is 2.15. The monoisotopic (exact) mass is 228 g/mol. The van der Waals surface area contributed by atoms with E-state index in [0.29, 0.717) is 26.2 Å². The highest BCUT2D eigenvalue weighted by atomic mass is 16.4. The van der Waals surface area contributed by atoms with Gasteiger partial charge in [-0.3, -0.25) is 4.79 Å². The molecule has 1 unspecified atom stereocenters. The summed E-state index contributed by atoms with van der Waals surface area (Å²) in [6.07, 6.45) is 0.832. The number of carboxylic acids is 1. The third-order valence-corrected chi connectivity index (χ3v) is 3.32. The number of aliphatic hydroxyl groups is 1. The largest absolute Gasteiger partial charge is 0.481 e. The minimum absolute atomic E-state index is 0.0894. The topological polar surface area (TPSA) is 81.1 Å². The molecule has 0 spiro atoms. The van der Waals surface area contributed by atoms with E-state index in [1.165, 1.54) is 0 Å². The second kappa shape index (κ2) is 4.29. The van der Waals surface area contributed by atoms with Crippen LogP contribution in [-0.2, 0) is 4.79 Å². The molecule has 2 amide bonds. The zero-order valence-corrected chi connectivity index (χ0v) is 9.00. The molecule has 0 aromatic rings. The molecule has 2 fully saturated rings. The molecule has 6 heteroatoms. The van der Waals surface area contributed by atoms with Crippen LogP contribution >= 0.6 is 0 Å². The van der Waals surface area contributed by atoms with Crippen molar-refractivity contribution in [1.82, 2.24) is 9.80 Å². The number of carbonyl (C=O) groups excluding carboxylic acids is 1. The Morgan fingerprint density at radius 3 is 2.38 bits per heavy atom. The van der Waals surface area contributed by atoms with Crippen molar-refractivity contribution in [2.75, 3.05) is 32.8 Å². The van der Waals surface area contributed by atoms with E-state index < -0.39 is 11.9 Å². The lowest BCUT2D eigenvalue weighted by Gasteiger charge is -2.38. The normalized spacial score (nSPS) is 25.7. The molecule has 2 aliphatic heterocycles. The molecule has 2 rings (SSSR count). The third-order valence-electron chi connectivity index (χ3n) is 3.32. The Morgan fingerprint density at radius 1 is 1.19 bits per heavy atom. The zero-order valence-electron chi connectivity index (χ0n) is 9.00. The molecule has 2 aliphatic rings. The van der Waals surface area contributed by atoms with Crippen LogP contribution < -0.4 is 0 Å². The van der Waals surface area contributed by atoms with Crippen molar-refractivity contribution in [3.8, 4) is 0 Å². The van der Waals surface area contributed by atoms with Crippen LogP contribution in [0.5, 0.6) is 0 Å². The van der Waals surface area contributed by atoms with Gasteiger partial charge in [-0.2, -0.15) is 0 Å². The Morgan fingerprint density at radius 2 is 1.88 bits per heavy atom. The lowest BCUT2D eigenvalue weighted by Crippen LogP contribution is -2.56. The smallest absolute Gasteiger partial charge is 0.320 e. The van der Waals surface area contributed by atoms with E-state index in [2.05, 4.69) is 0 Å². The minimum Gasteiger partial charge on any atom is -0.481 e. The van der Waals surface area contributed by atoms with Crippen LogP contribution in [0.3, 0.4) is 0 Å². The maximum absolute atomic E-state index is 11.8. The van der Waals surface area contributed by atoms with Crippen LogP contribution in [0.25, 0.3) is 0 Å². The van der Waals surface area contributed by atoms with E-state index in [1.54, 1.807) is 9.80 Å². The molecule has 2 heterocycles. The number of aliphatic hydroxyl groups excluding tert-OH is 1. The van der Waals surface area contributed by atoms with Gasteiger partial charge in [0.1, 0.15) is 0 Å². The molecule has 0 radical (unpaired) electrons. The van der Waals surface area contributed by atoms with Gasteiger partial charge in [-0.25, -0.2) is 4.79 Å². The van der Waals surface area contributed by atoms with Gasteiger partial charge in [0.15, 0.2) is 0 Å². The third kappa shape index (κ3) is 1.97. The van der Waals surface area contributed by atoms with Gasteiger partial charge in [0, 0.05) is 38.7 Å². The van der Waals surface area contributed by atoms with Crippen molar-refractivity contribution >= 4 is 12.0 Å². The van der Waals surface area contributed by atoms with Crippen molar-refractivity contribution in [3.63, 3.8) is 0 Å². The Balaban J connectivity index is 1.80. The second-order valence-corrected chi connectivity index (χ2v) is 4.51.